The number of hydrogen-bond acceptors (Lipinski definition) is 3. The van der Waals surface area contributed by atoms with Gasteiger partial charge in [-0.25, -0.2) is 0 Å². The summed E-state index contributed by atoms with van der Waals surface area (Å²) < 4.78 is 5.09. The molecule has 2 rings (SSSR count). The van der Waals surface area contributed by atoms with Crippen LogP contribution >= 0.6 is 12.4 Å². The number of nitrogens with one attached hydrogen (secondary N) is 1. The van der Waals surface area contributed by atoms with Crippen LogP contribution in [-0.4, -0.2) is 49.7 Å². The first-order valence-corrected chi connectivity index (χ1v) is 4.96. The zero-order chi connectivity index (χ0) is 9.10. The molecule has 0 unspecified atom stereocenters. The molecule has 4 nitrogen and oxygen atoms in total. The highest BCUT2D eigenvalue weighted by atomic mass is 35.5. The molecule has 1 N–H and O–H groups in total. The van der Waals surface area contributed by atoms with Crippen molar-refractivity contribution in [3.63, 3.8) is 0 Å². The van der Waals surface area contributed by atoms with Gasteiger partial charge in [0.25, 0.3) is 0 Å². The first kappa shape index (κ1) is 11.8. The van der Waals surface area contributed by atoms with Crippen LogP contribution in [-0.2, 0) is 9.53 Å². The molecule has 0 aromatic rings. The molecule has 1 amide bonds. The third-order valence-electron chi connectivity index (χ3n) is 2.73. The Labute approximate surface area is 90.4 Å². The molecule has 0 aromatic carbocycles. The predicted octanol–water partition coefficient (Wildman–Crippen LogP) is 0.0190. The Balaban J connectivity index is 0.000000980. The Morgan fingerprint density at radius 1 is 1.50 bits per heavy atom. The van der Waals surface area contributed by atoms with E-state index in [0.29, 0.717) is 12.6 Å². The van der Waals surface area contributed by atoms with Crippen molar-refractivity contribution in [2.24, 2.45) is 0 Å². The zero-order valence-electron chi connectivity index (χ0n) is 8.20. The van der Waals surface area contributed by atoms with Crippen molar-refractivity contribution in [3.8, 4) is 0 Å². The molecule has 2 aliphatic heterocycles. The van der Waals surface area contributed by atoms with Crippen molar-refractivity contribution < 1.29 is 9.53 Å². The van der Waals surface area contributed by atoms with Gasteiger partial charge in [0.15, 0.2) is 0 Å². The van der Waals surface area contributed by atoms with E-state index in [2.05, 4.69) is 5.32 Å². The van der Waals surface area contributed by atoms with Crippen LogP contribution in [0.15, 0.2) is 0 Å². The number of hydrogen-bond donors (Lipinski definition) is 1. The number of piperidine rings is 1. The lowest BCUT2D eigenvalue weighted by Gasteiger charge is -2.36. The molecule has 0 bridgehead atoms. The van der Waals surface area contributed by atoms with Gasteiger partial charge in [-0.1, -0.05) is 0 Å². The van der Waals surface area contributed by atoms with Crippen LogP contribution in [0, 0.1) is 0 Å². The van der Waals surface area contributed by atoms with E-state index in [-0.39, 0.29) is 24.9 Å². The van der Waals surface area contributed by atoms with Gasteiger partial charge in [0.05, 0.1) is 6.61 Å². The molecule has 2 saturated heterocycles. The Hall–Kier alpha value is -0.320. The molecule has 1 atom stereocenters. The van der Waals surface area contributed by atoms with E-state index in [4.69, 9.17) is 4.74 Å². The van der Waals surface area contributed by atoms with E-state index in [0.717, 1.165) is 26.1 Å². The summed E-state index contributed by atoms with van der Waals surface area (Å²) in [6, 6.07) is 0.408. The summed E-state index contributed by atoms with van der Waals surface area (Å²) in [6.07, 6.45) is 2.31. The highest BCUT2D eigenvalue weighted by Gasteiger charge is 2.27. The molecule has 0 saturated carbocycles. The lowest BCUT2D eigenvalue weighted by atomic mass is 10.1. The Bertz CT molecular complexity index is 195. The van der Waals surface area contributed by atoms with Crippen LogP contribution in [0.4, 0.5) is 0 Å². The number of nitrogens with zero attached hydrogens (tertiary/aromatic N) is 1. The van der Waals surface area contributed by atoms with Gasteiger partial charge in [-0.3, -0.25) is 4.79 Å². The van der Waals surface area contributed by atoms with Crippen LogP contribution in [0.1, 0.15) is 12.8 Å². The lowest BCUT2D eigenvalue weighted by molar-refractivity contribution is -0.146. The number of ether oxygens (including phenoxy) is 1. The summed E-state index contributed by atoms with van der Waals surface area (Å²) in [7, 11) is 0. The number of rotatable bonds is 1. The minimum absolute atomic E-state index is 0. The highest BCUT2D eigenvalue weighted by molar-refractivity contribution is 5.85. The van der Waals surface area contributed by atoms with Gasteiger partial charge >= 0.3 is 0 Å². The van der Waals surface area contributed by atoms with Crippen LogP contribution in [0.2, 0.25) is 0 Å². The van der Waals surface area contributed by atoms with E-state index in [1.54, 1.807) is 0 Å². The van der Waals surface area contributed by atoms with Gasteiger partial charge in [-0.05, 0) is 19.4 Å². The second-order valence-corrected chi connectivity index (χ2v) is 3.64. The van der Waals surface area contributed by atoms with E-state index >= 15 is 0 Å². The third-order valence-corrected chi connectivity index (χ3v) is 2.73. The summed E-state index contributed by atoms with van der Waals surface area (Å²) in [5, 5.41) is 3.32. The maximum Gasteiger partial charge on any atom is 0.248 e. The number of carbonyl (C=O) groups excluding carboxylic acids is 1. The number of morpholine rings is 1. The maximum absolute atomic E-state index is 11.5. The number of halogens is 1. The minimum Gasteiger partial charge on any atom is -0.370 e. The molecular formula is C9H17ClN2O2. The van der Waals surface area contributed by atoms with E-state index in [1.807, 2.05) is 4.90 Å². The van der Waals surface area contributed by atoms with Crippen molar-refractivity contribution in [1.82, 2.24) is 10.2 Å². The van der Waals surface area contributed by atoms with Gasteiger partial charge in [-0.15, -0.1) is 12.4 Å². The molecule has 14 heavy (non-hydrogen) atoms. The van der Waals surface area contributed by atoms with Gasteiger partial charge < -0.3 is 15.0 Å². The van der Waals surface area contributed by atoms with Crippen molar-refractivity contribution in [2.45, 2.75) is 18.9 Å². The van der Waals surface area contributed by atoms with Crippen molar-refractivity contribution in [3.05, 3.63) is 0 Å². The van der Waals surface area contributed by atoms with Crippen LogP contribution in [0.25, 0.3) is 0 Å². The smallest absolute Gasteiger partial charge is 0.248 e. The second-order valence-electron chi connectivity index (χ2n) is 3.64. The average Bonchev–Trinajstić information content (AvgIpc) is 2.20. The van der Waals surface area contributed by atoms with Gasteiger partial charge in [0.2, 0.25) is 5.91 Å². The standard InChI is InChI=1S/C9H16N2O2.ClH/c12-9-7-13-5-4-11(9)8-2-1-3-10-6-8;/h8,10H,1-7H2;1H/t8-;/m0./s1. The van der Waals surface area contributed by atoms with Gasteiger partial charge in [0, 0.05) is 19.1 Å². The lowest BCUT2D eigenvalue weighted by Crippen LogP contribution is -2.53. The summed E-state index contributed by atoms with van der Waals surface area (Å²) in [5.74, 6) is 0.153. The van der Waals surface area contributed by atoms with Crippen molar-refractivity contribution in [2.75, 3.05) is 32.8 Å². The number of carbonyl (C=O) groups is 1. The summed E-state index contributed by atoms with van der Waals surface area (Å²) in [6.45, 7) is 3.78. The molecule has 0 radical (unpaired) electrons. The SMILES string of the molecule is Cl.O=C1COCCN1[C@H]1CCCNC1. The number of amides is 1. The first-order chi connectivity index (χ1) is 6.38. The fourth-order valence-corrected chi connectivity index (χ4v) is 2.02. The zero-order valence-corrected chi connectivity index (χ0v) is 9.02. The molecule has 0 spiro atoms. The Kier molecular flexibility index (Phi) is 4.65. The third kappa shape index (κ3) is 2.59. The fourth-order valence-electron chi connectivity index (χ4n) is 2.02. The normalized spacial score (nSPS) is 28.4. The first-order valence-electron chi connectivity index (χ1n) is 4.96. The average molecular weight is 221 g/mol. The van der Waals surface area contributed by atoms with Gasteiger partial charge in [-0.2, -0.15) is 0 Å². The topological polar surface area (TPSA) is 41.6 Å². The molecule has 2 aliphatic rings. The molecule has 82 valence electrons. The fraction of sp³-hybridized carbons (Fsp3) is 0.889. The van der Waals surface area contributed by atoms with E-state index in [9.17, 15) is 4.79 Å². The van der Waals surface area contributed by atoms with Gasteiger partial charge in [0.1, 0.15) is 6.61 Å². The summed E-state index contributed by atoms with van der Waals surface area (Å²) >= 11 is 0. The molecule has 2 heterocycles. The monoisotopic (exact) mass is 220 g/mol. The molecule has 0 aliphatic carbocycles. The van der Waals surface area contributed by atoms with Crippen LogP contribution in [0.5, 0.6) is 0 Å². The van der Waals surface area contributed by atoms with E-state index in [1.165, 1.54) is 6.42 Å². The molecular weight excluding hydrogens is 204 g/mol. The van der Waals surface area contributed by atoms with Crippen LogP contribution in [0.3, 0.4) is 0 Å². The molecule has 2 fully saturated rings. The van der Waals surface area contributed by atoms with Crippen molar-refractivity contribution in [1.29, 1.82) is 0 Å². The Morgan fingerprint density at radius 2 is 2.36 bits per heavy atom. The highest BCUT2D eigenvalue weighted by Crippen LogP contribution is 2.12. The summed E-state index contributed by atoms with van der Waals surface area (Å²) in [4.78, 5) is 13.4. The quantitative estimate of drug-likeness (QED) is 0.678. The molecule has 0 aromatic heterocycles. The minimum atomic E-state index is 0. The van der Waals surface area contributed by atoms with E-state index < -0.39 is 0 Å². The van der Waals surface area contributed by atoms with Crippen molar-refractivity contribution >= 4 is 18.3 Å². The second kappa shape index (κ2) is 5.53. The maximum atomic E-state index is 11.5. The van der Waals surface area contributed by atoms with Crippen LogP contribution < -0.4 is 5.32 Å². The molecule has 5 heteroatoms. The summed E-state index contributed by atoms with van der Waals surface area (Å²) in [5.41, 5.74) is 0. The predicted molar refractivity (Wildman–Crippen MR) is 55.7 cm³/mol. The largest absolute Gasteiger partial charge is 0.370 e. The Morgan fingerprint density at radius 3 is 3.00 bits per heavy atom.